The van der Waals surface area contributed by atoms with Crippen LogP contribution < -0.4 is 15.4 Å². The Kier molecular flexibility index (Phi) is 10.7. The fraction of sp³-hybridized carbons (Fsp3) is 0.474. The molecule has 0 atom stereocenters. The lowest BCUT2D eigenvalue weighted by Gasteiger charge is -2.15. The summed E-state index contributed by atoms with van der Waals surface area (Å²) in [6.07, 6.45) is 0.786. The summed E-state index contributed by atoms with van der Waals surface area (Å²) in [6, 6.07) is 5.12. The van der Waals surface area contributed by atoms with Gasteiger partial charge >= 0.3 is 6.61 Å². The highest BCUT2D eigenvalue weighted by molar-refractivity contribution is 14.0. The van der Waals surface area contributed by atoms with Crippen molar-refractivity contribution in [3.05, 3.63) is 45.4 Å². The molecule has 1 heterocycles. The van der Waals surface area contributed by atoms with Crippen LogP contribution in [-0.4, -0.2) is 31.1 Å². The normalized spacial score (nSPS) is 11.5. The van der Waals surface area contributed by atoms with Gasteiger partial charge < -0.3 is 15.4 Å². The number of ether oxygens (including phenoxy) is 1. The van der Waals surface area contributed by atoms with Crippen LogP contribution in [0.5, 0.6) is 5.75 Å². The molecule has 156 valence electrons. The number of nitrogens with zero attached hydrogens (tertiary/aromatic N) is 2. The maximum atomic E-state index is 12.6. The molecule has 2 rings (SSSR count). The molecule has 0 aliphatic heterocycles. The lowest BCUT2D eigenvalue weighted by atomic mass is 10.1. The van der Waals surface area contributed by atoms with Gasteiger partial charge in [-0.2, -0.15) is 8.78 Å². The van der Waals surface area contributed by atoms with Crippen LogP contribution in [0.15, 0.2) is 28.6 Å². The summed E-state index contributed by atoms with van der Waals surface area (Å²) in [5.41, 5.74) is 2.68. The summed E-state index contributed by atoms with van der Waals surface area (Å²) in [7, 11) is 1.67. The molecule has 1 aromatic heterocycles. The molecular formula is C19H27F2IN4OS. The van der Waals surface area contributed by atoms with Crippen molar-refractivity contribution in [3.63, 3.8) is 0 Å². The molecule has 1 aromatic carbocycles. The maximum absolute atomic E-state index is 12.6. The van der Waals surface area contributed by atoms with E-state index in [-0.39, 0.29) is 29.7 Å². The van der Waals surface area contributed by atoms with Crippen LogP contribution in [0, 0.1) is 6.92 Å². The summed E-state index contributed by atoms with van der Waals surface area (Å²) < 4.78 is 29.7. The molecule has 0 saturated carbocycles. The topological polar surface area (TPSA) is 58.5 Å². The van der Waals surface area contributed by atoms with Crippen LogP contribution in [0.3, 0.4) is 0 Å². The minimum Gasteiger partial charge on any atom is -0.434 e. The summed E-state index contributed by atoms with van der Waals surface area (Å²) in [5.74, 6) is 1.20. The van der Waals surface area contributed by atoms with Gasteiger partial charge in [0.2, 0.25) is 0 Å². The Hall–Kier alpha value is -1.49. The Morgan fingerprint density at radius 3 is 2.64 bits per heavy atom. The predicted octanol–water partition coefficient (Wildman–Crippen LogP) is 4.70. The molecule has 0 saturated heterocycles. The van der Waals surface area contributed by atoms with Gasteiger partial charge in [-0.1, -0.05) is 31.5 Å². The van der Waals surface area contributed by atoms with Crippen LogP contribution >= 0.6 is 35.3 Å². The van der Waals surface area contributed by atoms with Crippen molar-refractivity contribution in [2.24, 2.45) is 4.99 Å². The van der Waals surface area contributed by atoms with E-state index in [0.717, 1.165) is 22.7 Å². The number of halogens is 3. The highest BCUT2D eigenvalue weighted by Crippen LogP contribution is 2.22. The van der Waals surface area contributed by atoms with Crippen LogP contribution in [0.4, 0.5) is 8.78 Å². The first-order valence-electron chi connectivity index (χ1n) is 8.82. The molecule has 2 N–H and O–H groups in total. The fourth-order valence-corrected chi connectivity index (χ4v) is 3.34. The quantitative estimate of drug-likeness (QED) is 0.299. The molecule has 28 heavy (non-hydrogen) atoms. The number of alkyl halides is 2. The van der Waals surface area contributed by atoms with Crippen molar-refractivity contribution < 1.29 is 13.5 Å². The Morgan fingerprint density at radius 1 is 1.29 bits per heavy atom. The highest BCUT2D eigenvalue weighted by Gasteiger charge is 2.11. The van der Waals surface area contributed by atoms with Gasteiger partial charge in [0.05, 0.1) is 10.7 Å². The number of aliphatic imine (C=N–C) groups is 1. The second kappa shape index (κ2) is 12.2. The van der Waals surface area contributed by atoms with Gasteiger partial charge in [-0.25, -0.2) is 4.98 Å². The van der Waals surface area contributed by atoms with Crippen LogP contribution in [0.2, 0.25) is 0 Å². The monoisotopic (exact) mass is 524 g/mol. The molecule has 0 amide bonds. The second-order valence-corrected chi connectivity index (χ2v) is 7.31. The number of aryl methyl sites for hydroxylation is 1. The van der Waals surface area contributed by atoms with Gasteiger partial charge in [-0.15, -0.1) is 35.3 Å². The smallest absolute Gasteiger partial charge is 0.387 e. The second-order valence-electron chi connectivity index (χ2n) is 6.42. The molecule has 0 radical (unpaired) electrons. The van der Waals surface area contributed by atoms with E-state index in [9.17, 15) is 8.78 Å². The van der Waals surface area contributed by atoms with Crippen LogP contribution in [0.1, 0.15) is 41.6 Å². The molecule has 0 unspecified atom stereocenters. The van der Waals surface area contributed by atoms with Crippen molar-refractivity contribution in [1.29, 1.82) is 0 Å². The van der Waals surface area contributed by atoms with E-state index in [4.69, 9.17) is 0 Å². The molecule has 0 aliphatic carbocycles. The fourth-order valence-electron chi connectivity index (χ4n) is 2.47. The average molecular weight is 524 g/mol. The Labute approximate surface area is 186 Å². The lowest BCUT2D eigenvalue weighted by molar-refractivity contribution is -0.0504. The summed E-state index contributed by atoms with van der Waals surface area (Å²) in [6.45, 7) is 4.32. The van der Waals surface area contributed by atoms with Crippen LogP contribution in [-0.2, 0) is 13.0 Å². The molecule has 5 nitrogen and oxygen atoms in total. The molecule has 0 bridgehead atoms. The van der Waals surface area contributed by atoms with E-state index in [1.807, 2.05) is 13.0 Å². The first kappa shape index (κ1) is 24.5. The zero-order valence-electron chi connectivity index (χ0n) is 16.5. The Bertz CT molecular complexity index is 768. The van der Waals surface area contributed by atoms with Crippen molar-refractivity contribution in [3.8, 4) is 5.75 Å². The summed E-state index contributed by atoms with van der Waals surface area (Å²) in [5, 5.41) is 9.56. The first-order chi connectivity index (χ1) is 12.9. The van der Waals surface area contributed by atoms with E-state index in [0.29, 0.717) is 30.5 Å². The highest BCUT2D eigenvalue weighted by atomic mass is 127. The predicted molar refractivity (Wildman–Crippen MR) is 121 cm³/mol. The summed E-state index contributed by atoms with van der Waals surface area (Å²) in [4.78, 5) is 8.77. The average Bonchev–Trinajstić information content (AvgIpc) is 3.09. The third-order valence-electron chi connectivity index (χ3n) is 3.84. The molecular weight excluding hydrogens is 497 g/mol. The molecule has 0 aliphatic rings. The van der Waals surface area contributed by atoms with Gasteiger partial charge in [0, 0.05) is 43.4 Å². The lowest BCUT2D eigenvalue weighted by Crippen LogP contribution is -2.38. The SMILES string of the molecule is CN=C(NCCc1csc(C(C)C)n1)NCc1cc(C)ccc1OC(F)F.I. The van der Waals surface area contributed by atoms with Gasteiger partial charge in [-0.3, -0.25) is 4.99 Å². The van der Waals surface area contributed by atoms with E-state index in [1.54, 1.807) is 30.5 Å². The molecule has 0 fully saturated rings. The van der Waals surface area contributed by atoms with Gasteiger partial charge in [0.1, 0.15) is 5.75 Å². The minimum atomic E-state index is -2.85. The Balaban J connectivity index is 0.00000392. The molecule has 0 spiro atoms. The van der Waals surface area contributed by atoms with Crippen molar-refractivity contribution in [1.82, 2.24) is 15.6 Å². The molecule has 9 heteroatoms. The number of guanidine groups is 1. The van der Waals surface area contributed by atoms with Crippen molar-refractivity contribution in [2.75, 3.05) is 13.6 Å². The number of hydrogen-bond acceptors (Lipinski definition) is 4. The number of hydrogen-bond donors (Lipinski definition) is 2. The van der Waals surface area contributed by atoms with E-state index < -0.39 is 6.61 Å². The number of rotatable bonds is 8. The third-order valence-corrected chi connectivity index (χ3v) is 5.03. The minimum absolute atomic E-state index is 0. The number of nitrogens with one attached hydrogen (secondary N) is 2. The first-order valence-corrected chi connectivity index (χ1v) is 9.70. The van der Waals surface area contributed by atoms with Gasteiger partial charge in [0.25, 0.3) is 0 Å². The van der Waals surface area contributed by atoms with E-state index >= 15 is 0 Å². The van der Waals surface area contributed by atoms with Crippen molar-refractivity contribution >= 4 is 41.3 Å². The summed E-state index contributed by atoms with van der Waals surface area (Å²) >= 11 is 1.68. The Morgan fingerprint density at radius 2 is 2.04 bits per heavy atom. The number of aromatic nitrogens is 1. The standard InChI is InChI=1S/C19H26F2N4OS.HI/c1-12(2)17-25-15(11-27-17)7-8-23-19(22-4)24-10-14-9-13(3)5-6-16(14)26-18(20)21;/h5-6,9,11-12,18H,7-8,10H2,1-4H3,(H2,22,23,24);1H. The van der Waals surface area contributed by atoms with Crippen LogP contribution in [0.25, 0.3) is 0 Å². The maximum Gasteiger partial charge on any atom is 0.387 e. The van der Waals surface area contributed by atoms with Gasteiger partial charge in [-0.05, 0) is 13.0 Å². The van der Waals surface area contributed by atoms with Crippen molar-refractivity contribution in [2.45, 2.75) is 46.3 Å². The van der Waals surface area contributed by atoms with E-state index in [2.05, 4.69) is 44.6 Å². The number of benzene rings is 1. The molecule has 2 aromatic rings. The number of thiazole rings is 1. The largest absolute Gasteiger partial charge is 0.434 e. The van der Waals surface area contributed by atoms with Gasteiger partial charge in [0.15, 0.2) is 5.96 Å². The zero-order valence-corrected chi connectivity index (χ0v) is 19.6. The third kappa shape index (κ3) is 7.86. The van der Waals surface area contributed by atoms with E-state index in [1.165, 1.54) is 0 Å². The zero-order chi connectivity index (χ0) is 19.8.